The fraction of sp³-hybridized carbons (Fsp3) is 0.258. The molecule has 1 saturated heterocycles. The second kappa shape index (κ2) is 10.7. The lowest BCUT2D eigenvalue weighted by Gasteiger charge is -2.35. The highest BCUT2D eigenvalue weighted by atomic mass is 16.3. The van der Waals surface area contributed by atoms with E-state index < -0.39 is 0 Å². The SMILES string of the molecule is Cc1nnn(C(c2ccccc2)C2CCN(C(=O)c3cc(-c4nc5cc(-c6cnn(C)c6)ccc5o4)ccn3)CC2)n1. The van der Waals surface area contributed by atoms with Gasteiger partial charge in [0, 0.05) is 43.7 Å². The van der Waals surface area contributed by atoms with Crippen LogP contribution < -0.4 is 0 Å². The van der Waals surface area contributed by atoms with Crippen LogP contribution in [0.4, 0.5) is 0 Å². The number of benzene rings is 2. The molecule has 1 aliphatic heterocycles. The molecule has 1 fully saturated rings. The highest BCUT2D eigenvalue weighted by Gasteiger charge is 2.32. The number of oxazole rings is 1. The summed E-state index contributed by atoms with van der Waals surface area (Å²) in [6, 6.07) is 19.7. The zero-order valence-electron chi connectivity index (χ0n) is 23.3. The number of aryl methyl sites for hydroxylation is 2. The minimum atomic E-state index is -0.101. The molecule has 210 valence electrons. The van der Waals surface area contributed by atoms with Crippen LogP contribution in [0.5, 0.6) is 0 Å². The lowest BCUT2D eigenvalue weighted by molar-refractivity contribution is 0.0658. The van der Waals surface area contributed by atoms with Gasteiger partial charge in [0.2, 0.25) is 5.89 Å². The van der Waals surface area contributed by atoms with Crippen molar-refractivity contribution in [3.8, 4) is 22.6 Å². The molecular weight excluding hydrogens is 530 g/mol. The van der Waals surface area contributed by atoms with E-state index in [1.165, 1.54) is 0 Å². The molecule has 0 bridgehead atoms. The second-order valence-corrected chi connectivity index (χ2v) is 10.7. The molecule has 42 heavy (non-hydrogen) atoms. The summed E-state index contributed by atoms with van der Waals surface area (Å²) in [5.74, 6) is 1.25. The number of carbonyl (C=O) groups is 1. The van der Waals surface area contributed by atoms with Crippen molar-refractivity contribution in [1.29, 1.82) is 0 Å². The standard InChI is InChI=1S/C31H29N9O2/c1-20-35-37-40(36-20)29(21-6-4-3-5-7-21)22-11-14-39(15-12-22)31(41)27-17-24(10-13-32-27)30-34-26-16-23(8-9-28(26)42-30)25-18-33-38(2)19-25/h3-10,13,16-19,22,29H,11-12,14-15H2,1-2H3. The first-order valence-electron chi connectivity index (χ1n) is 14.0. The average Bonchev–Trinajstić information content (AvgIpc) is 3.77. The number of nitrogens with zero attached hydrogens (tertiary/aromatic N) is 9. The number of amides is 1. The molecule has 5 heterocycles. The van der Waals surface area contributed by atoms with Crippen molar-refractivity contribution in [2.75, 3.05) is 13.1 Å². The molecule has 2 aromatic carbocycles. The van der Waals surface area contributed by atoms with Crippen LogP contribution in [0.25, 0.3) is 33.7 Å². The van der Waals surface area contributed by atoms with Gasteiger partial charge in [-0.15, -0.1) is 10.2 Å². The van der Waals surface area contributed by atoms with Gasteiger partial charge in [0.25, 0.3) is 5.91 Å². The lowest BCUT2D eigenvalue weighted by Crippen LogP contribution is -2.41. The van der Waals surface area contributed by atoms with Crippen LogP contribution in [-0.2, 0) is 7.05 Å². The Morgan fingerprint density at radius 3 is 2.57 bits per heavy atom. The van der Waals surface area contributed by atoms with Crippen molar-refractivity contribution in [3.63, 3.8) is 0 Å². The maximum absolute atomic E-state index is 13.5. The Bertz CT molecular complexity index is 1870. The molecule has 1 aliphatic rings. The van der Waals surface area contributed by atoms with Crippen molar-refractivity contribution in [3.05, 3.63) is 96.3 Å². The zero-order chi connectivity index (χ0) is 28.6. The Balaban J connectivity index is 1.08. The number of rotatable bonds is 6. The monoisotopic (exact) mass is 559 g/mol. The van der Waals surface area contributed by atoms with Crippen molar-refractivity contribution in [1.82, 2.24) is 44.9 Å². The number of aromatic nitrogens is 8. The summed E-state index contributed by atoms with van der Waals surface area (Å²) >= 11 is 0. The number of piperidine rings is 1. The Morgan fingerprint density at radius 1 is 1.00 bits per heavy atom. The predicted molar refractivity (Wildman–Crippen MR) is 155 cm³/mol. The van der Waals surface area contributed by atoms with Gasteiger partial charge in [0.05, 0.1) is 6.20 Å². The van der Waals surface area contributed by atoms with E-state index >= 15 is 0 Å². The van der Waals surface area contributed by atoms with E-state index in [9.17, 15) is 4.79 Å². The van der Waals surface area contributed by atoms with Gasteiger partial charge in [-0.25, -0.2) is 4.98 Å². The van der Waals surface area contributed by atoms with Gasteiger partial charge in [-0.2, -0.15) is 9.90 Å². The quantitative estimate of drug-likeness (QED) is 0.287. The van der Waals surface area contributed by atoms with Crippen LogP contribution in [0.1, 0.15) is 40.8 Å². The number of likely N-dealkylation sites (tertiary alicyclic amines) is 1. The molecule has 0 spiro atoms. The molecule has 11 heteroatoms. The number of carbonyl (C=O) groups excluding carboxylic acids is 1. The van der Waals surface area contributed by atoms with E-state index in [0.717, 1.165) is 35.0 Å². The van der Waals surface area contributed by atoms with Crippen LogP contribution in [-0.4, -0.2) is 63.9 Å². The molecule has 1 amide bonds. The summed E-state index contributed by atoms with van der Waals surface area (Å²) in [7, 11) is 1.89. The van der Waals surface area contributed by atoms with E-state index in [4.69, 9.17) is 9.40 Å². The van der Waals surface area contributed by atoms with Crippen molar-refractivity contribution in [2.24, 2.45) is 13.0 Å². The summed E-state index contributed by atoms with van der Waals surface area (Å²) in [6.07, 6.45) is 7.04. The number of hydrogen-bond donors (Lipinski definition) is 0. The van der Waals surface area contributed by atoms with Crippen LogP contribution in [0, 0.1) is 12.8 Å². The van der Waals surface area contributed by atoms with Crippen LogP contribution in [0.2, 0.25) is 0 Å². The third-order valence-corrected chi connectivity index (χ3v) is 7.84. The van der Waals surface area contributed by atoms with E-state index in [-0.39, 0.29) is 17.9 Å². The van der Waals surface area contributed by atoms with Crippen molar-refractivity contribution < 1.29 is 9.21 Å². The van der Waals surface area contributed by atoms with Crippen molar-refractivity contribution >= 4 is 17.0 Å². The second-order valence-electron chi connectivity index (χ2n) is 10.7. The van der Waals surface area contributed by atoms with Gasteiger partial charge in [0.1, 0.15) is 17.3 Å². The molecule has 0 saturated carbocycles. The van der Waals surface area contributed by atoms with Gasteiger partial charge in [0.15, 0.2) is 11.4 Å². The molecule has 7 rings (SSSR count). The first-order chi connectivity index (χ1) is 20.5. The molecule has 0 radical (unpaired) electrons. The molecular formula is C31H29N9O2. The Kier molecular flexibility index (Phi) is 6.54. The molecule has 0 N–H and O–H groups in total. The Labute approximate surface area is 241 Å². The smallest absolute Gasteiger partial charge is 0.272 e. The van der Waals surface area contributed by atoms with Gasteiger partial charge in [-0.3, -0.25) is 14.5 Å². The highest BCUT2D eigenvalue weighted by Crippen LogP contribution is 2.34. The zero-order valence-corrected chi connectivity index (χ0v) is 23.3. The molecule has 1 unspecified atom stereocenters. The fourth-order valence-corrected chi connectivity index (χ4v) is 5.72. The van der Waals surface area contributed by atoms with E-state index in [2.05, 4.69) is 37.6 Å². The minimum absolute atomic E-state index is 0.0380. The van der Waals surface area contributed by atoms with Gasteiger partial charge < -0.3 is 9.32 Å². The number of hydrogen-bond acceptors (Lipinski definition) is 8. The minimum Gasteiger partial charge on any atom is -0.436 e. The summed E-state index contributed by atoms with van der Waals surface area (Å²) in [4.78, 5) is 26.2. The topological polar surface area (TPSA) is 121 Å². The molecule has 0 aliphatic carbocycles. The van der Waals surface area contributed by atoms with Gasteiger partial charge >= 0.3 is 0 Å². The van der Waals surface area contributed by atoms with E-state index in [0.29, 0.717) is 41.6 Å². The Hall–Kier alpha value is -5.19. The normalized spacial score (nSPS) is 14.9. The highest BCUT2D eigenvalue weighted by molar-refractivity contribution is 5.93. The number of tetrazole rings is 1. The first-order valence-corrected chi connectivity index (χ1v) is 14.0. The number of fused-ring (bicyclic) bond motifs is 1. The maximum atomic E-state index is 13.5. The molecule has 4 aromatic heterocycles. The molecule has 1 atom stereocenters. The van der Waals surface area contributed by atoms with Crippen LogP contribution in [0.3, 0.4) is 0 Å². The summed E-state index contributed by atoms with van der Waals surface area (Å²) in [5.41, 5.74) is 5.65. The average molecular weight is 560 g/mol. The van der Waals surface area contributed by atoms with E-state index in [1.54, 1.807) is 21.7 Å². The predicted octanol–water partition coefficient (Wildman–Crippen LogP) is 4.73. The van der Waals surface area contributed by atoms with Crippen molar-refractivity contribution in [2.45, 2.75) is 25.8 Å². The van der Waals surface area contributed by atoms with Crippen LogP contribution >= 0.6 is 0 Å². The molecule has 11 nitrogen and oxygen atoms in total. The van der Waals surface area contributed by atoms with E-state index in [1.807, 2.05) is 73.7 Å². The van der Waals surface area contributed by atoms with Gasteiger partial charge in [-0.1, -0.05) is 36.4 Å². The first kappa shape index (κ1) is 25.8. The van der Waals surface area contributed by atoms with Crippen LogP contribution in [0.15, 0.2) is 83.7 Å². The largest absolute Gasteiger partial charge is 0.436 e. The molecule has 6 aromatic rings. The Morgan fingerprint density at radius 2 is 1.83 bits per heavy atom. The third kappa shape index (κ3) is 4.93. The number of pyridine rings is 1. The summed E-state index contributed by atoms with van der Waals surface area (Å²) < 4.78 is 7.82. The fourth-order valence-electron chi connectivity index (χ4n) is 5.72. The summed E-state index contributed by atoms with van der Waals surface area (Å²) in [5, 5.41) is 17.2. The lowest BCUT2D eigenvalue weighted by atomic mass is 9.85. The maximum Gasteiger partial charge on any atom is 0.272 e. The third-order valence-electron chi connectivity index (χ3n) is 7.84. The van der Waals surface area contributed by atoms with Gasteiger partial charge in [-0.05, 0) is 66.3 Å². The summed E-state index contributed by atoms with van der Waals surface area (Å²) in [6.45, 7) is 3.08.